The molecule has 2 aliphatic carbocycles. The van der Waals surface area contributed by atoms with Crippen molar-refractivity contribution in [2.24, 2.45) is 17.8 Å². The summed E-state index contributed by atoms with van der Waals surface area (Å²) >= 11 is 0. The van der Waals surface area contributed by atoms with Crippen molar-refractivity contribution in [2.75, 3.05) is 0 Å². The first-order valence-electron chi connectivity index (χ1n) is 11.7. The average molecular weight is 385 g/mol. The maximum atomic E-state index is 6.10. The van der Waals surface area contributed by atoms with Gasteiger partial charge < -0.3 is 0 Å². The molecule has 0 spiro atoms. The van der Waals surface area contributed by atoms with Crippen molar-refractivity contribution in [3.05, 3.63) is 59.7 Å². The van der Waals surface area contributed by atoms with E-state index in [1.807, 2.05) is 0 Å². The van der Waals surface area contributed by atoms with Gasteiger partial charge in [-0.05, 0) is 55.7 Å². The van der Waals surface area contributed by atoms with E-state index in [-0.39, 0.29) is 5.41 Å². The maximum absolute atomic E-state index is 6.10. The molecule has 2 unspecified atom stereocenters. The molecule has 1 aromatic carbocycles. The lowest BCUT2D eigenvalue weighted by molar-refractivity contribution is 0.300. The van der Waals surface area contributed by atoms with Gasteiger partial charge in [-0.3, -0.25) is 0 Å². The van der Waals surface area contributed by atoms with E-state index in [1.54, 1.807) is 0 Å². The van der Waals surface area contributed by atoms with Gasteiger partial charge in [0.05, 0.1) is 5.41 Å². The summed E-state index contributed by atoms with van der Waals surface area (Å²) in [4.78, 5) is 0. The van der Waals surface area contributed by atoms with Crippen LogP contribution in [0.2, 0.25) is 0 Å². The predicted octanol–water partition coefficient (Wildman–Crippen LogP) is 7.45. The summed E-state index contributed by atoms with van der Waals surface area (Å²) in [6.45, 7) is 4.54. The van der Waals surface area contributed by atoms with Crippen molar-refractivity contribution in [1.29, 1.82) is 0 Å². The third-order valence-electron chi connectivity index (χ3n) is 6.83. The molecule has 0 radical (unpaired) electrons. The zero-order valence-corrected chi connectivity index (χ0v) is 18.3. The standard InChI is InChI=1S/C29H36/c1-4-7-11-27-12-8-9-23-29(27,6-3)28-21-19-26(20-22-28)18-17-25-15-13-24(10-5-2)14-16-25/h3,8-9,12,19-25,27H,4-5,7,10-11,13-16H2,1-2H3. The van der Waals surface area contributed by atoms with E-state index < -0.39 is 0 Å². The lowest BCUT2D eigenvalue weighted by atomic mass is 9.67. The fourth-order valence-electron chi connectivity index (χ4n) is 5.00. The van der Waals surface area contributed by atoms with Crippen molar-refractivity contribution in [3.8, 4) is 24.2 Å². The molecule has 0 heterocycles. The van der Waals surface area contributed by atoms with Gasteiger partial charge in [-0.2, -0.15) is 0 Å². The first-order valence-corrected chi connectivity index (χ1v) is 11.7. The van der Waals surface area contributed by atoms with E-state index in [9.17, 15) is 0 Å². The minimum absolute atomic E-state index is 0.326. The van der Waals surface area contributed by atoms with Crippen LogP contribution in [-0.4, -0.2) is 0 Å². The molecular weight excluding hydrogens is 348 g/mol. The molecule has 1 saturated carbocycles. The summed E-state index contributed by atoms with van der Waals surface area (Å²) in [6, 6.07) is 8.72. The number of rotatable bonds is 6. The number of terminal acetylenes is 1. The molecule has 0 N–H and O–H groups in total. The molecule has 0 heteroatoms. The van der Waals surface area contributed by atoms with Crippen molar-refractivity contribution in [1.82, 2.24) is 0 Å². The van der Waals surface area contributed by atoms with E-state index in [4.69, 9.17) is 6.42 Å². The van der Waals surface area contributed by atoms with E-state index in [2.05, 4.69) is 80.2 Å². The molecule has 152 valence electrons. The van der Waals surface area contributed by atoms with Crippen LogP contribution in [0.1, 0.15) is 82.8 Å². The number of allylic oxidation sites excluding steroid dienone is 4. The van der Waals surface area contributed by atoms with Crippen LogP contribution in [0.4, 0.5) is 0 Å². The maximum Gasteiger partial charge on any atom is 0.0805 e. The Balaban J connectivity index is 1.69. The second-order valence-electron chi connectivity index (χ2n) is 8.86. The third-order valence-corrected chi connectivity index (χ3v) is 6.83. The summed E-state index contributed by atoms with van der Waals surface area (Å²) in [5.41, 5.74) is 2.00. The number of hydrogen-bond donors (Lipinski definition) is 0. The molecule has 1 aromatic rings. The zero-order chi connectivity index (χ0) is 20.5. The molecular formula is C29H36. The molecule has 0 nitrogen and oxygen atoms in total. The SMILES string of the molecule is C#CC1(c2ccc(C#CC3CCC(CCC)CC3)cc2)C=CC=CC1CCCC. The Morgan fingerprint density at radius 1 is 0.966 bits per heavy atom. The van der Waals surface area contributed by atoms with Gasteiger partial charge in [-0.15, -0.1) is 6.42 Å². The quantitative estimate of drug-likeness (QED) is 0.447. The third kappa shape index (κ3) is 5.25. The van der Waals surface area contributed by atoms with Crippen molar-refractivity contribution < 1.29 is 0 Å². The summed E-state index contributed by atoms with van der Waals surface area (Å²) in [5, 5.41) is 0. The molecule has 3 rings (SSSR count). The van der Waals surface area contributed by atoms with Crippen LogP contribution in [0.25, 0.3) is 0 Å². The fourth-order valence-corrected chi connectivity index (χ4v) is 5.00. The zero-order valence-electron chi connectivity index (χ0n) is 18.3. The molecule has 1 fully saturated rings. The van der Waals surface area contributed by atoms with Gasteiger partial charge in [0, 0.05) is 17.4 Å². The van der Waals surface area contributed by atoms with Crippen LogP contribution < -0.4 is 0 Å². The van der Waals surface area contributed by atoms with Crippen LogP contribution in [-0.2, 0) is 5.41 Å². The van der Waals surface area contributed by atoms with Crippen LogP contribution in [0.3, 0.4) is 0 Å². The number of unbranched alkanes of at least 4 members (excludes halogenated alkanes) is 1. The van der Waals surface area contributed by atoms with E-state index >= 15 is 0 Å². The van der Waals surface area contributed by atoms with E-state index in [0.717, 1.165) is 17.9 Å². The van der Waals surface area contributed by atoms with Crippen molar-refractivity contribution >= 4 is 0 Å². The minimum Gasteiger partial charge on any atom is -0.119 e. The summed E-state index contributed by atoms with van der Waals surface area (Å²) in [6.07, 6.45) is 26.3. The largest absolute Gasteiger partial charge is 0.119 e. The van der Waals surface area contributed by atoms with E-state index in [0.29, 0.717) is 11.8 Å². The Hall–Kier alpha value is -2.18. The van der Waals surface area contributed by atoms with Gasteiger partial charge in [0.2, 0.25) is 0 Å². The van der Waals surface area contributed by atoms with E-state index in [1.165, 1.54) is 56.9 Å². The lowest BCUT2D eigenvalue weighted by Crippen LogP contribution is -2.32. The van der Waals surface area contributed by atoms with Crippen molar-refractivity contribution in [2.45, 2.75) is 77.0 Å². The second kappa shape index (κ2) is 10.6. The van der Waals surface area contributed by atoms with Crippen LogP contribution in [0.5, 0.6) is 0 Å². The Morgan fingerprint density at radius 3 is 2.38 bits per heavy atom. The summed E-state index contributed by atoms with van der Waals surface area (Å²) in [5.74, 6) is 12.0. The predicted molar refractivity (Wildman–Crippen MR) is 125 cm³/mol. The van der Waals surface area contributed by atoms with Crippen LogP contribution in [0.15, 0.2) is 48.6 Å². The summed E-state index contributed by atoms with van der Waals surface area (Å²) in [7, 11) is 0. The fraction of sp³-hybridized carbons (Fsp3) is 0.517. The lowest BCUT2D eigenvalue weighted by Gasteiger charge is -2.35. The van der Waals surface area contributed by atoms with Gasteiger partial charge in [0.1, 0.15) is 0 Å². The van der Waals surface area contributed by atoms with Gasteiger partial charge in [-0.1, -0.05) is 93.7 Å². The van der Waals surface area contributed by atoms with Gasteiger partial charge in [0.15, 0.2) is 0 Å². The Bertz CT molecular complexity index is 796. The van der Waals surface area contributed by atoms with Crippen LogP contribution >= 0.6 is 0 Å². The smallest absolute Gasteiger partial charge is 0.0805 e. The molecule has 29 heavy (non-hydrogen) atoms. The number of benzene rings is 1. The average Bonchev–Trinajstić information content (AvgIpc) is 2.78. The molecule has 0 bridgehead atoms. The molecule has 0 amide bonds. The van der Waals surface area contributed by atoms with Gasteiger partial charge >= 0.3 is 0 Å². The van der Waals surface area contributed by atoms with Gasteiger partial charge in [-0.25, -0.2) is 0 Å². The molecule has 2 aliphatic rings. The Kier molecular flexibility index (Phi) is 7.83. The first-order chi connectivity index (χ1) is 14.2. The second-order valence-corrected chi connectivity index (χ2v) is 8.86. The molecule has 2 atom stereocenters. The van der Waals surface area contributed by atoms with Crippen molar-refractivity contribution in [3.63, 3.8) is 0 Å². The molecule has 0 aliphatic heterocycles. The number of hydrogen-bond acceptors (Lipinski definition) is 0. The Morgan fingerprint density at radius 2 is 1.72 bits per heavy atom. The first kappa shape index (κ1) is 21.5. The topological polar surface area (TPSA) is 0 Å². The normalized spacial score (nSPS) is 28.4. The highest BCUT2D eigenvalue weighted by Gasteiger charge is 2.35. The molecule has 0 saturated heterocycles. The Labute approximate surface area is 178 Å². The highest BCUT2D eigenvalue weighted by molar-refractivity contribution is 5.48. The molecule has 0 aromatic heterocycles. The van der Waals surface area contributed by atoms with Crippen LogP contribution in [0, 0.1) is 41.9 Å². The minimum atomic E-state index is -0.326. The monoisotopic (exact) mass is 384 g/mol. The highest BCUT2D eigenvalue weighted by atomic mass is 14.4. The highest BCUT2D eigenvalue weighted by Crippen LogP contribution is 2.39. The van der Waals surface area contributed by atoms with Gasteiger partial charge in [0.25, 0.3) is 0 Å². The summed E-state index contributed by atoms with van der Waals surface area (Å²) < 4.78 is 0.